The summed E-state index contributed by atoms with van der Waals surface area (Å²) in [5, 5.41) is 8.62. The first-order chi connectivity index (χ1) is 8.98. The van der Waals surface area contributed by atoms with Crippen LogP contribution < -0.4 is 0 Å². The predicted molar refractivity (Wildman–Crippen MR) is 73.3 cm³/mol. The molecule has 0 aromatic carbocycles. The zero-order valence-corrected chi connectivity index (χ0v) is 12.1. The Hall–Kier alpha value is -0.650. The lowest BCUT2D eigenvalue weighted by atomic mass is 9.94. The van der Waals surface area contributed by atoms with Crippen molar-refractivity contribution in [2.75, 3.05) is 39.8 Å². The van der Waals surface area contributed by atoms with Crippen molar-refractivity contribution in [1.29, 1.82) is 0 Å². The summed E-state index contributed by atoms with van der Waals surface area (Å²) in [6.45, 7) is 5.85. The number of rotatable bonds is 6. The topological polar surface area (TPSA) is 53.0 Å². The van der Waals surface area contributed by atoms with E-state index in [4.69, 9.17) is 9.84 Å². The minimum absolute atomic E-state index is 0.185. The average molecular weight is 270 g/mol. The van der Waals surface area contributed by atoms with Crippen molar-refractivity contribution in [3.05, 3.63) is 0 Å². The van der Waals surface area contributed by atoms with Gasteiger partial charge in [0.05, 0.1) is 5.60 Å². The molecule has 0 aromatic heterocycles. The summed E-state index contributed by atoms with van der Waals surface area (Å²) in [6, 6.07) is 0.723. The van der Waals surface area contributed by atoms with Crippen LogP contribution in [-0.4, -0.2) is 72.4 Å². The van der Waals surface area contributed by atoms with E-state index in [0.717, 1.165) is 25.7 Å². The van der Waals surface area contributed by atoms with E-state index < -0.39 is 5.97 Å². The van der Waals surface area contributed by atoms with Crippen LogP contribution in [0.3, 0.4) is 0 Å². The maximum absolute atomic E-state index is 10.5. The molecule has 1 atom stereocenters. The number of carboxylic acids is 1. The first-order valence-electron chi connectivity index (χ1n) is 7.27. The normalized spacial score (nSPS) is 28.0. The Morgan fingerprint density at radius 3 is 2.79 bits per heavy atom. The molecule has 0 saturated carbocycles. The highest BCUT2D eigenvalue weighted by atomic mass is 16.5. The third kappa shape index (κ3) is 4.16. The van der Waals surface area contributed by atoms with Crippen LogP contribution in [0.1, 0.15) is 32.6 Å². The van der Waals surface area contributed by atoms with Crippen molar-refractivity contribution >= 4 is 5.97 Å². The second-order valence-electron chi connectivity index (χ2n) is 6.26. The molecule has 1 unspecified atom stereocenters. The number of ether oxygens (including phenoxy) is 1. The Morgan fingerprint density at radius 1 is 1.42 bits per heavy atom. The van der Waals surface area contributed by atoms with Crippen LogP contribution in [0.4, 0.5) is 0 Å². The summed E-state index contributed by atoms with van der Waals surface area (Å²) >= 11 is 0. The monoisotopic (exact) mass is 270 g/mol. The molecular weight excluding hydrogens is 244 g/mol. The Kier molecular flexibility index (Phi) is 4.81. The number of piperidine rings is 1. The van der Waals surface area contributed by atoms with E-state index in [0.29, 0.717) is 0 Å². The van der Waals surface area contributed by atoms with Crippen LogP contribution in [0.5, 0.6) is 0 Å². The van der Waals surface area contributed by atoms with Gasteiger partial charge in [0.2, 0.25) is 0 Å². The zero-order valence-electron chi connectivity index (χ0n) is 12.1. The number of nitrogens with zero attached hydrogens (tertiary/aromatic N) is 2. The third-order valence-corrected chi connectivity index (χ3v) is 4.36. The van der Waals surface area contributed by atoms with Gasteiger partial charge in [-0.25, -0.2) is 4.79 Å². The molecule has 110 valence electrons. The Morgan fingerprint density at radius 2 is 2.16 bits per heavy atom. The van der Waals surface area contributed by atoms with Crippen LogP contribution >= 0.6 is 0 Å². The number of hydrogen-bond donors (Lipinski definition) is 1. The van der Waals surface area contributed by atoms with Crippen molar-refractivity contribution in [2.45, 2.75) is 44.2 Å². The van der Waals surface area contributed by atoms with Gasteiger partial charge in [-0.1, -0.05) is 6.42 Å². The van der Waals surface area contributed by atoms with Gasteiger partial charge >= 0.3 is 5.97 Å². The summed E-state index contributed by atoms with van der Waals surface area (Å²) in [5.41, 5.74) is -0.253. The van der Waals surface area contributed by atoms with Gasteiger partial charge in [-0.05, 0) is 46.3 Å². The first kappa shape index (κ1) is 14.8. The number of carbonyl (C=O) groups is 1. The maximum atomic E-state index is 10.5. The lowest BCUT2D eigenvalue weighted by molar-refractivity contribution is -0.165. The minimum Gasteiger partial charge on any atom is -0.480 e. The van der Waals surface area contributed by atoms with Crippen molar-refractivity contribution < 1.29 is 14.6 Å². The molecule has 1 N–H and O–H groups in total. The average Bonchev–Trinajstić information content (AvgIpc) is 2.33. The molecule has 0 bridgehead atoms. The molecule has 0 amide bonds. The fourth-order valence-electron chi connectivity index (χ4n) is 3.23. The SMILES string of the molecule is CN1CCCCC1CCN1CC(C)(OCC(=O)O)C1. The Bertz CT molecular complexity index is 316. The molecule has 2 rings (SSSR count). The number of carboxylic acid groups (broad SMARTS) is 1. The van der Waals surface area contributed by atoms with Crippen molar-refractivity contribution in [2.24, 2.45) is 0 Å². The van der Waals surface area contributed by atoms with E-state index in [9.17, 15) is 4.79 Å². The van der Waals surface area contributed by atoms with Crippen molar-refractivity contribution in [3.8, 4) is 0 Å². The molecule has 0 spiro atoms. The third-order valence-electron chi connectivity index (χ3n) is 4.36. The van der Waals surface area contributed by atoms with Gasteiger partial charge in [0.1, 0.15) is 6.61 Å². The second kappa shape index (κ2) is 6.20. The highest BCUT2D eigenvalue weighted by Crippen LogP contribution is 2.26. The molecule has 0 aromatic rings. The fourth-order valence-corrected chi connectivity index (χ4v) is 3.23. The molecule has 2 aliphatic rings. The molecule has 2 fully saturated rings. The highest BCUT2D eigenvalue weighted by Gasteiger charge is 2.40. The molecule has 0 radical (unpaired) electrons. The van der Waals surface area contributed by atoms with Gasteiger partial charge in [0.25, 0.3) is 0 Å². The van der Waals surface area contributed by atoms with Crippen LogP contribution in [-0.2, 0) is 9.53 Å². The Labute approximate surface area is 115 Å². The maximum Gasteiger partial charge on any atom is 0.329 e. The zero-order chi connectivity index (χ0) is 13.9. The van der Waals surface area contributed by atoms with Gasteiger partial charge in [-0.3, -0.25) is 4.90 Å². The molecule has 2 heterocycles. The first-order valence-corrected chi connectivity index (χ1v) is 7.27. The van der Waals surface area contributed by atoms with Crippen LogP contribution in [0, 0.1) is 0 Å². The van der Waals surface area contributed by atoms with E-state index in [1.165, 1.54) is 32.2 Å². The quantitative estimate of drug-likeness (QED) is 0.781. The van der Waals surface area contributed by atoms with Gasteiger partial charge in [0.15, 0.2) is 0 Å². The molecule has 5 heteroatoms. The second-order valence-corrected chi connectivity index (χ2v) is 6.26. The number of hydrogen-bond acceptors (Lipinski definition) is 4. The summed E-state index contributed by atoms with van der Waals surface area (Å²) in [4.78, 5) is 15.3. The van der Waals surface area contributed by atoms with E-state index in [1.54, 1.807) is 0 Å². The van der Waals surface area contributed by atoms with E-state index in [-0.39, 0.29) is 12.2 Å². The molecule has 2 saturated heterocycles. The lowest BCUT2D eigenvalue weighted by Crippen LogP contribution is -2.62. The molecule has 0 aliphatic carbocycles. The summed E-state index contributed by atoms with van der Waals surface area (Å²) in [7, 11) is 2.22. The minimum atomic E-state index is -0.886. The van der Waals surface area contributed by atoms with Gasteiger partial charge < -0.3 is 14.7 Å². The fraction of sp³-hybridized carbons (Fsp3) is 0.929. The van der Waals surface area contributed by atoms with Crippen LogP contribution in [0.2, 0.25) is 0 Å². The van der Waals surface area contributed by atoms with Crippen LogP contribution in [0.15, 0.2) is 0 Å². The van der Waals surface area contributed by atoms with Gasteiger partial charge in [0, 0.05) is 19.1 Å². The summed E-state index contributed by atoms with van der Waals surface area (Å²) < 4.78 is 5.42. The van der Waals surface area contributed by atoms with E-state index >= 15 is 0 Å². The van der Waals surface area contributed by atoms with Crippen molar-refractivity contribution in [3.63, 3.8) is 0 Å². The van der Waals surface area contributed by atoms with E-state index in [1.807, 2.05) is 6.92 Å². The Balaban J connectivity index is 1.63. The largest absolute Gasteiger partial charge is 0.480 e. The number of likely N-dealkylation sites (tertiary alicyclic amines) is 2. The molecule has 2 aliphatic heterocycles. The standard InChI is InChI=1S/C14H26N2O3/c1-14(19-9-13(17)18)10-16(11-14)8-6-12-5-3-4-7-15(12)2/h12H,3-11H2,1-2H3,(H,17,18). The van der Waals surface area contributed by atoms with Gasteiger partial charge in [-0.15, -0.1) is 0 Å². The number of aliphatic carboxylic acids is 1. The molecular formula is C14H26N2O3. The van der Waals surface area contributed by atoms with E-state index in [2.05, 4.69) is 16.8 Å². The summed E-state index contributed by atoms with van der Waals surface area (Å²) in [6.07, 6.45) is 5.22. The summed E-state index contributed by atoms with van der Waals surface area (Å²) in [5.74, 6) is -0.886. The van der Waals surface area contributed by atoms with Crippen LogP contribution in [0.25, 0.3) is 0 Å². The van der Waals surface area contributed by atoms with Gasteiger partial charge in [-0.2, -0.15) is 0 Å². The molecule has 19 heavy (non-hydrogen) atoms. The lowest BCUT2D eigenvalue weighted by Gasteiger charge is -2.48. The highest BCUT2D eigenvalue weighted by molar-refractivity contribution is 5.68. The molecule has 5 nitrogen and oxygen atoms in total. The smallest absolute Gasteiger partial charge is 0.329 e. The predicted octanol–water partition coefficient (Wildman–Crippen LogP) is 1.04. The van der Waals surface area contributed by atoms with Crippen molar-refractivity contribution in [1.82, 2.24) is 9.80 Å².